The van der Waals surface area contributed by atoms with Crippen LogP contribution in [0.2, 0.25) is 5.02 Å². The van der Waals surface area contributed by atoms with Crippen molar-refractivity contribution in [3.63, 3.8) is 0 Å². The number of hydrogen-bond donors (Lipinski definition) is 1. The van der Waals surface area contributed by atoms with Crippen LogP contribution in [-0.4, -0.2) is 5.11 Å². The number of benzene rings is 1. The molecule has 0 aliphatic heterocycles. The minimum absolute atomic E-state index is 0.619. The SMILES string of the molecule is CCCCc1ccc(C(O)c2scc(C)c2Cl)cc1. The number of aliphatic hydroxyl groups is 1. The molecule has 1 aromatic heterocycles. The van der Waals surface area contributed by atoms with Crippen LogP contribution in [0.15, 0.2) is 29.6 Å². The molecule has 1 nitrogen and oxygen atoms in total. The number of unbranched alkanes of at least 4 members (excludes halogenated alkanes) is 1. The Kier molecular flexibility index (Phi) is 5.03. The fourth-order valence-electron chi connectivity index (χ4n) is 2.03. The number of hydrogen-bond acceptors (Lipinski definition) is 2. The van der Waals surface area contributed by atoms with Crippen LogP contribution in [-0.2, 0) is 6.42 Å². The first-order valence-electron chi connectivity index (χ1n) is 6.64. The summed E-state index contributed by atoms with van der Waals surface area (Å²) in [5.74, 6) is 0. The second kappa shape index (κ2) is 6.56. The molecule has 0 radical (unpaired) electrons. The Morgan fingerprint density at radius 3 is 2.47 bits per heavy atom. The zero-order chi connectivity index (χ0) is 13.8. The molecule has 1 heterocycles. The second-order valence-electron chi connectivity index (χ2n) is 4.84. The highest BCUT2D eigenvalue weighted by Crippen LogP contribution is 2.35. The van der Waals surface area contributed by atoms with Crippen molar-refractivity contribution in [1.29, 1.82) is 0 Å². The minimum Gasteiger partial charge on any atom is -0.383 e. The third kappa shape index (κ3) is 3.38. The molecule has 0 bridgehead atoms. The van der Waals surface area contributed by atoms with Crippen LogP contribution < -0.4 is 0 Å². The Bertz CT molecular complexity index is 530. The van der Waals surface area contributed by atoms with E-state index in [2.05, 4.69) is 19.1 Å². The molecule has 2 aromatic rings. The van der Waals surface area contributed by atoms with Crippen molar-refractivity contribution in [2.45, 2.75) is 39.2 Å². The molecule has 1 unspecified atom stereocenters. The summed E-state index contributed by atoms with van der Waals surface area (Å²) >= 11 is 7.72. The van der Waals surface area contributed by atoms with E-state index >= 15 is 0 Å². The van der Waals surface area contributed by atoms with Crippen molar-refractivity contribution in [2.75, 3.05) is 0 Å². The normalized spacial score (nSPS) is 12.6. The highest BCUT2D eigenvalue weighted by Gasteiger charge is 2.17. The van der Waals surface area contributed by atoms with E-state index in [0.29, 0.717) is 5.02 Å². The van der Waals surface area contributed by atoms with Gasteiger partial charge in [-0.3, -0.25) is 0 Å². The van der Waals surface area contributed by atoms with Crippen LogP contribution in [0.1, 0.15) is 47.4 Å². The molecule has 0 spiro atoms. The van der Waals surface area contributed by atoms with Crippen LogP contribution in [0.3, 0.4) is 0 Å². The minimum atomic E-state index is -0.619. The van der Waals surface area contributed by atoms with Gasteiger partial charge < -0.3 is 5.11 Å². The molecule has 3 heteroatoms. The molecule has 0 aliphatic carbocycles. The summed E-state index contributed by atoms with van der Waals surface area (Å²) in [6, 6.07) is 8.20. The zero-order valence-corrected chi connectivity index (χ0v) is 12.9. The Morgan fingerprint density at radius 2 is 1.95 bits per heavy atom. The largest absolute Gasteiger partial charge is 0.383 e. The average Bonchev–Trinajstić information content (AvgIpc) is 2.76. The fourth-order valence-corrected chi connectivity index (χ4v) is 3.34. The lowest BCUT2D eigenvalue weighted by Gasteiger charge is -2.11. The molecule has 2 rings (SSSR count). The molecule has 102 valence electrons. The molecule has 0 aliphatic rings. The zero-order valence-electron chi connectivity index (χ0n) is 11.3. The van der Waals surface area contributed by atoms with Crippen molar-refractivity contribution in [2.24, 2.45) is 0 Å². The third-order valence-corrected chi connectivity index (χ3v) is 5.05. The lowest BCUT2D eigenvalue weighted by Crippen LogP contribution is -1.98. The van der Waals surface area contributed by atoms with E-state index in [9.17, 15) is 5.11 Å². The van der Waals surface area contributed by atoms with Gasteiger partial charge >= 0.3 is 0 Å². The lowest BCUT2D eigenvalue weighted by atomic mass is 10.0. The molecule has 19 heavy (non-hydrogen) atoms. The number of thiophene rings is 1. The van der Waals surface area contributed by atoms with Crippen LogP contribution in [0, 0.1) is 6.92 Å². The van der Waals surface area contributed by atoms with Gasteiger partial charge in [-0.2, -0.15) is 0 Å². The predicted octanol–water partition coefficient (Wildman–Crippen LogP) is 5.13. The maximum absolute atomic E-state index is 10.4. The summed E-state index contributed by atoms with van der Waals surface area (Å²) in [5.41, 5.74) is 3.26. The first kappa shape index (κ1) is 14.6. The Morgan fingerprint density at radius 1 is 1.26 bits per heavy atom. The smallest absolute Gasteiger partial charge is 0.115 e. The van der Waals surface area contributed by atoms with Gasteiger partial charge in [-0.05, 0) is 41.8 Å². The molecular weight excluding hydrogens is 276 g/mol. The van der Waals surface area contributed by atoms with Crippen molar-refractivity contribution in [3.05, 3.63) is 56.2 Å². The second-order valence-corrected chi connectivity index (χ2v) is 6.13. The van der Waals surface area contributed by atoms with Crippen LogP contribution >= 0.6 is 22.9 Å². The highest BCUT2D eigenvalue weighted by molar-refractivity contribution is 7.10. The monoisotopic (exact) mass is 294 g/mol. The standard InChI is InChI=1S/C16H19ClOS/c1-3-4-5-12-6-8-13(9-7-12)15(18)16-14(17)11(2)10-19-16/h6-10,15,18H,3-5H2,1-2H3. The van der Waals surface area contributed by atoms with Gasteiger partial charge in [0, 0.05) is 0 Å². The lowest BCUT2D eigenvalue weighted by molar-refractivity contribution is 0.224. The van der Waals surface area contributed by atoms with Crippen LogP contribution in [0.4, 0.5) is 0 Å². The topological polar surface area (TPSA) is 20.2 Å². The quantitative estimate of drug-likeness (QED) is 0.810. The van der Waals surface area contributed by atoms with Crippen molar-refractivity contribution in [3.8, 4) is 0 Å². The van der Waals surface area contributed by atoms with Gasteiger partial charge in [-0.1, -0.05) is 49.2 Å². The molecular formula is C16H19ClOS. The molecule has 0 amide bonds. The maximum atomic E-state index is 10.4. The first-order chi connectivity index (χ1) is 9.13. The Hall–Kier alpha value is -0.830. The molecule has 0 fully saturated rings. The van der Waals surface area contributed by atoms with Gasteiger partial charge in [0.15, 0.2) is 0 Å². The number of aryl methyl sites for hydroxylation is 2. The Labute approximate surface area is 123 Å². The molecule has 0 saturated heterocycles. The predicted molar refractivity (Wildman–Crippen MR) is 83.2 cm³/mol. The van der Waals surface area contributed by atoms with Crippen LogP contribution in [0.5, 0.6) is 0 Å². The third-order valence-electron chi connectivity index (χ3n) is 3.29. The highest BCUT2D eigenvalue weighted by atomic mass is 35.5. The van der Waals surface area contributed by atoms with Gasteiger partial charge in [0.2, 0.25) is 0 Å². The van der Waals surface area contributed by atoms with E-state index in [0.717, 1.165) is 22.4 Å². The fraction of sp³-hybridized carbons (Fsp3) is 0.375. The summed E-state index contributed by atoms with van der Waals surface area (Å²) in [4.78, 5) is 0.834. The summed E-state index contributed by atoms with van der Waals surface area (Å²) in [5, 5.41) is 13.0. The van der Waals surface area contributed by atoms with Gasteiger partial charge in [0.05, 0.1) is 9.90 Å². The maximum Gasteiger partial charge on any atom is 0.115 e. The van der Waals surface area contributed by atoms with Crippen molar-refractivity contribution >= 4 is 22.9 Å². The molecule has 1 atom stereocenters. The summed E-state index contributed by atoms with van der Waals surface area (Å²) in [6.45, 7) is 4.15. The average molecular weight is 295 g/mol. The van der Waals surface area contributed by atoms with E-state index in [1.807, 2.05) is 24.4 Å². The van der Waals surface area contributed by atoms with E-state index in [1.165, 1.54) is 29.7 Å². The van der Waals surface area contributed by atoms with Crippen molar-refractivity contribution in [1.82, 2.24) is 0 Å². The number of rotatable bonds is 5. The Balaban J connectivity index is 2.15. The molecule has 1 aromatic carbocycles. The van der Waals surface area contributed by atoms with E-state index in [4.69, 9.17) is 11.6 Å². The first-order valence-corrected chi connectivity index (χ1v) is 7.89. The molecule has 1 N–H and O–H groups in total. The van der Waals surface area contributed by atoms with E-state index in [1.54, 1.807) is 0 Å². The van der Waals surface area contributed by atoms with Gasteiger partial charge in [0.25, 0.3) is 0 Å². The number of aliphatic hydroxyl groups excluding tert-OH is 1. The summed E-state index contributed by atoms with van der Waals surface area (Å²) in [6.07, 6.45) is 2.89. The van der Waals surface area contributed by atoms with Crippen LogP contribution in [0.25, 0.3) is 0 Å². The summed E-state index contributed by atoms with van der Waals surface area (Å²) in [7, 11) is 0. The van der Waals surface area contributed by atoms with E-state index < -0.39 is 6.10 Å². The summed E-state index contributed by atoms with van der Waals surface area (Å²) < 4.78 is 0. The van der Waals surface area contributed by atoms with Gasteiger partial charge in [-0.25, -0.2) is 0 Å². The van der Waals surface area contributed by atoms with Crippen molar-refractivity contribution < 1.29 is 5.11 Å². The molecule has 0 saturated carbocycles. The van der Waals surface area contributed by atoms with E-state index in [-0.39, 0.29) is 0 Å². The van der Waals surface area contributed by atoms with Gasteiger partial charge in [-0.15, -0.1) is 11.3 Å². The van der Waals surface area contributed by atoms with Gasteiger partial charge in [0.1, 0.15) is 6.10 Å². The number of halogens is 1.